The van der Waals surface area contributed by atoms with Crippen LogP contribution in [0.2, 0.25) is 0 Å². The molecule has 3 aliphatic rings. The number of hydrogen-bond acceptors (Lipinski definition) is 9. The first-order valence-corrected chi connectivity index (χ1v) is 39.0. The number of aryl methyl sites for hydroxylation is 3. The van der Waals surface area contributed by atoms with Gasteiger partial charge < -0.3 is 56.8 Å². The molecule has 0 aliphatic carbocycles. The van der Waals surface area contributed by atoms with E-state index in [4.69, 9.17) is 15.0 Å². The van der Waals surface area contributed by atoms with E-state index in [1.807, 2.05) is 117 Å². The molecule has 0 unspecified atom stereocenters. The Morgan fingerprint density at radius 1 is 0.250 bits per heavy atom. The minimum atomic E-state index is 0. The normalized spacial score (nSPS) is 13.1. The maximum Gasteiger partial charge on any atom is 0.0777 e. The van der Waals surface area contributed by atoms with Crippen molar-refractivity contribution in [3.05, 3.63) is 379 Å². The molecule has 0 atom stereocenters. The number of nitrogens with zero attached hydrogens (tertiary/aromatic N) is 15. The summed E-state index contributed by atoms with van der Waals surface area (Å²) in [5.74, 6) is 2.69. The number of rotatable bonds is 11. The molecule has 0 saturated carbocycles. The van der Waals surface area contributed by atoms with Crippen LogP contribution < -0.4 is 14.7 Å². The van der Waals surface area contributed by atoms with Crippen LogP contribution in [0.25, 0.3) is 172 Å². The van der Waals surface area contributed by atoms with E-state index in [0.717, 1.165) is 151 Å². The van der Waals surface area contributed by atoms with Crippen molar-refractivity contribution in [1.29, 1.82) is 0 Å². The van der Waals surface area contributed by atoms with Crippen LogP contribution in [0, 0.1) is 56.4 Å². The molecular weight excluding hydrogens is 2020 g/mol. The third-order valence-corrected chi connectivity index (χ3v) is 22.4. The first-order valence-electron chi connectivity index (χ1n) is 39.0. The van der Waals surface area contributed by atoms with E-state index in [1.165, 1.54) is 38.4 Å². The number of anilines is 3. The van der Waals surface area contributed by atoms with Crippen LogP contribution >= 0.6 is 0 Å². The monoisotopic (exact) mass is 2090 g/mol. The zero-order valence-corrected chi connectivity index (χ0v) is 72.8. The zero-order chi connectivity index (χ0) is 78.5. The average molecular weight is 2100 g/mol. The second-order valence-electron chi connectivity index (χ2n) is 29.8. The maximum absolute atomic E-state index is 5.10. The predicted molar refractivity (Wildman–Crippen MR) is 476 cm³/mol. The van der Waals surface area contributed by atoms with Crippen LogP contribution in [-0.4, -0.2) is 78.2 Å². The Bertz CT molecular complexity index is 7410. The molecular formula is C102H74N15Pt3-9. The van der Waals surface area contributed by atoms with Crippen molar-refractivity contribution < 1.29 is 63.2 Å². The summed E-state index contributed by atoms with van der Waals surface area (Å²) in [6.45, 7) is 6.13. The Labute approximate surface area is 738 Å². The van der Waals surface area contributed by atoms with Gasteiger partial charge in [-0.1, -0.05) is 179 Å². The van der Waals surface area contributed by atoms with Crippen molar-refractivity contribution in [3.8, 4) is 73.5 Å². The first kappa shape index (κ1) is 78.2. The maximum atomic E-state index is 5.10. The summed E-state index contributed by atoms with van der Waals surface area (Å²) >= 11 is 0. The number of hydrogen-bond donors (Lipinski definition) is 0. The molecule has 6 aromatic heterocycles. The van der Waals surface area contributed by atoms with Gasteiger partial charge in [0.1, 0.15) is 0 Å². The van der Waals surface area contributed by atoms with Crippen molar-refractivity contribution in [1.82, 2.24) is 57.1 Å². The Hall–Kier alpha value is -13.0. The SMILES string of the molecule is CN1C=CN(c2[c-]c(-n3c4[c-]c(-c5nc6cccc(-c7ccccc7)c6n5C)ccc4c4ccccc43)ccc2)[CH-]1.CN1C=CN(c2[c-]c(-n3c4[c-]c(-c5nc6ccccc6n5C)ccc4c4cc(-c5ccccc5)ccc43)ccc2)[CH-]1.CN1C=CN(c2[c-]c(-n3c4[c-]c(-c5nc6ccccc6n5C)ccc4c4ccccc43)ccc2)[CH-]1.[Pt].[Pt].[Pt]. The first-order chi connectivity index (χ1) is 57.5. The molecule has 18 heteroatoms. The summed E-state index contributed by atoms with van der Waals surface area (Å²) in [6, 6.07) is 122. The largest absolute Gasteiger partial charge is 0.510 e. The summed E-state index contributed by atoms with van der Waals surface area (Å²) in [5, 5.41) is 7.02. The van der Waals surface area contributed by atoms with E-state index in [0.29, 0.717) is 0 Å². The molecule has 0 bridgehead atoms. The molecule has 0 amide bonds. The van der Waals surface area contributed by atoms with E-state index >= 15 is 0 Å². The van der Waals surface area contributed by atoms with E-state index in [-0.39, 0.29) is 63.2 Å². The Kier molecular flexibility index (Phi) is 21.1. The molecule has 0 radical (unpaired) electrons. The van der Waals surface area contributed by atoms with Gasteiger partial charge in [-0.15, -0.1) is 143 Å². The van der Waals surface area contributed by atoms with Gasteiger partial charge in [0.2, 0.25) is 0 Å². The van der Waals surface area contributed by atoms with Crippen LogP contribution in [-0.2, 0) is 84.3 Å². The number of benzene rings is 14. The second kappa shape index (κ2) is 32.4. The molecule has 23 rings (SSSR count). The minimum Gasteiger partial charge on any atom is -0.510 e. The molecule has 9 heterocycles. The third kappa shape index (κ3) is 13.9. The van der Waals surface area contributed by atoms with Gasteiger partial charge in [-0.05, 0) is 156 Å². The van der Waals surface area contributed by atoms with Gasteiger partial charge in [-0.2, -0.15) is 38.2 Å². The summed E-state index contributed by atoms with van der Waals surface area (Å²) in [5.41, 5.74) is 26.1. The predicted octanol–water partition coefficient (Wildman–Crippen LogP) is 22.2. The van der Waals surface area contributed by atoms with Gasteiger partial charge in [-0.25, -0.2) is 0 Å². The fourth-order valence-corrected chi connectivity index (χ4v) is 16.8. The quantitative estimate of drug-likeness (QED) is 0.118. The van der Waals surface area contributed by atoms with E-state index in [9.17, 15) is 0 Å². The molecule has 0 saturated heterocycles. The van der Waals surface area contributed by atoms with E-state index in [2.05, 4.69) is 360 Å². The van der Waals surface area contributed by atoms with Crippen LogP contribution in [0.3, 0.4) is 0 Å². The van der Waals surface area contributed by atoms with Crippen LogP contribution in [0.15, 0.2) is 322 Å². The molecule has 120 heavy (non-hydrogen) atoms. The summed E-state index contributed by atoms with van der Waals surface area (Å²) in [4.78, 5) is 27.3. The van der Waals surface area contributed by atoms with E-state index < -0.39 is 0 Å². The summed E-state index contributed by atoms with van der Waals surface area (Å²) in [6.07, 6.45) is 12.2. The van der Waals surface area contributed by atoms with Gasteiger partial charge in [0.25, 0.3) is 0 Å². The van der Waals surface area contributed by atoms with Crippen LogP contribution in [0.1, 0.15) is 0 Å². The summed E-state index contributed by atoms with van der Waals surface area (Å²) < 4.78 is 13.3. The van der Waals surface area contributed by atoms with Crippen LogP contribution in [0.4, 0.5) is 17.1 Å². The fourth-order valence-electron chi connectivity index (χ4n) is 16.8. The van der Waals surface area contributed by atoms with Crippen molar-refractivity contribution in [2.45, 2.75) is 0 Å². The average Bonchev–Trinajstić information content (AvgIpc) is 1.59. The van der Waals surface area contributed by atoms with Crippen molar-refractivity contribution in [2.24, 2.45) is 21.1 Å². The van der Waals surface area contributed by atoms with E-state index in [1.54, 1.807) is 0 Å². The van der Waals surface area contributed by atoms with Gasteiger partial charge in [0, 0.05) is 106 Å². The molecule has 0 spiro atoms. The Morgan fingerprint density at radius 2 is 0.600 bits per heavy atom. The number of fused-ring (bicyclic) bond motifs is 12. The number of aromatic nitrogens is 9. The molecule has 20 aromatic rings. The fraction of sp³-hybridized carbons (Fsp3) is 0.0588. The second-order valence-corrected chi connectivity index (χ2v) is 29.8. The van der Waals surface area contributed by atoms with Crippen molar-refractivity contribution in [2.75, 3.05) is 35.8 Å². The summed E-state index contributed by atoms with van der Waals surface area (Å²) in [7, 11) is 12.3. The molecule has 596 valence electrons. The smallest absolute Gasteiger partial charge is 0.0777 e. The van der Waals surface area contributed by atoms with Gasteiger partial charge >= 0.3 is 0 Å². The topological polar surface area (TPSA) is 87.7 Å². The standard InChI is InChI=1S/2C36H26N5.C30H22N5.3Pt/c1-38-20-21-40(24-38)27-12-8-13-28(23-27)41-33-17-7-6-14-30(33)31-19-18-26(22-34(31)41)36-37-32-16-9-15-29(35(32)39(36)2)25-10-4-3-5-11-25;1-38-19-20-40(24-38)28-11-8-12-29(23-28)41-33-18-16-26(25-9-4-3-5-10-25)21-31(33)30-17-15-27(22-35(30)41)36-37-32-13-6-7-14-34(32)39(36)2;1-32-16-17-34(20-32)22-8-7-9-23(19-22)35-27-12-5-3-10-24(27)25-15-14-21(18-29(25)35)30-31-26-11-4-6-13-28(26)33(30)2;;;/h2*3-21,24H,1-2H3;3-17,20H,1-2H3;;;/q3*-3;;;. The van der Waals surface area contributed by atoms with Gasteiger partial charge in [0.15, 0.2) is 0 Å². The molecule has 0 N–H and O–H groups in total. The Balaban J connectivity index is 0.000000122. The van der Waals surface area contributed by atoms with Gasteiger partial charge in [-0.3, -0.25) is 15.0 Å². The van der Waals surface area contributed by atoms with Crippen molar-refractivity contribution in [3.63, 3.8) is 0 Å². The van der Waals surface area contributed by atoms with Gasteiger partial charge in [0.05, 0.1) is 50.6 Å². The molecule has 3 aliphatic heterocycles. The van der Waals surface area contributed by atoms with Crippen molar-refractivity contribution >= 4 is 116 Å². The third-order valence-electron chi connectivity index (χ3n) is 22.4. The zero-order valence-electron chi connectivity index (χ0n) is 66.0. The minimum absolute atomic E-state index is 0. The number of para-hydroxylation sites is 7. The molecule has 15 nitrogen and oxygen atoms in total. The molecule has 0 fully saturated rings. The number of imidazole rings is 3. The Morgan fingerprint density at radius 3 is 1.02 bits per heavy atom. The molecule has 14 aromatic carbocycles. The van der Waals surface area contributed by atoms with Crippen LogP contribution in [0.5, 0.6) is 0 Å².